The number of carbonyl (C=O) groups excluding carboxylic acids is 1. The molecule has 0 aliphatic carbocycles. The van der Waals surface area contributed by atoms with Crippen molar-refractivity contribution in [1.82, 2.24) is 20.0 Å². The van der Waals surface area contributed by atoms with Gasteiger partial charge >= 0.3 is 0 Å². The van der Waals surface area contributed by atoms with Crippen LogP contribution in [0.25, 0.3) is 0 Å². The van der Waals surface area contributed by atoms with Crippen molar-refractivity contribution in [3.05, 3.63) is 12.4 Å². The highest BCUT2D eigenvalue weighted by Gasteiger charge is 2.27. The van der Waals surface area contributed by atoms with Crippen LogP contribution in [0.15, 0.2) is 17.4 Å². The molecular weight excluding hydrogens is 419 g/mol. The van der Waals surface area contributed by atoms with Crippen LogP contribution in [0.1, 0.15) is 27.2 Å². The predicted octanol–water partition coefficient (Wildman–Crippen LogP) is 1.70. The Morgan fingerprint density at radius 1 is 1.42 bits per heavy atom. The van der Waals surface area contributed by atoms with Crippen molar-refractivity contribution in [2.45, 2.75) is 27.2 Å². The van der Waals surface area contributed by atoms with Crippen molar-refractivity contribution < 1.29 is 4.79 Å². The maximum Gasteiger partial charge on any atom is 0.246 e. The Kier molecular flexibility index (Phi) is 8.51. The number of aromatic nitrogens is 2. The number of halogens is 1. The molecule has 0 aromatic carbocycles. The Morgan fingerprint density at radius 3 is 2.71 bits per heavy atom. The normalized spacial score (nSPS) is 15.7. The molecule has 2 rings (SSSR count). The number of hydrogen-bond donors (Lipinski definition) is 1. The Bertz CT molecular complexity index is 557. The van der Waals surface area contributed by atoms with E-state index in [2.05, 4.69) is 29.3 Å². The van der Waals surface area contributed by atoms with E-state index in [4.69, 9.17) is 0 Å². The molecule has 1 fully saturated rings. The zero-order valence-corrected chi connectivity index (χ0v) is 17.4. The van der Waals surface area contributed by atoms with E-state index >= 15 is 0 Å². The zero-order chi connectivity index (χ0) is 16.8. The highest BCUT2D eigenvalue weighted by molar-refractivity contribution is 14.0. The van der Waals surface area contributed by atoms with Crippen molar-refractivity contribution in [3.8, 4) is 0 Å². The van der Waals surface area contributed by atoms with Crippen LogP contribution in [0.2, 0.25) is 0 Å². The van der Waals surface area contributed by atoms with Gasteiger partial charge in [0.2, 0.25) is 5.91 Å². The van der Waals surface area contributed by atoms with Crippen molar-refractivity contribution in [3.63, 3.8) is 0 Å². The van der Waals surface area contributed by atoms with Gasteiger partial charge in [0.15, 0.2) is 5.96 Å². The monoisotopic (exact) mass is 448 g/mol. The number of hydrogen-bond acceptors (Lipinski definition) is 3. The molecule has 1 amide bonds. The molecule has 0 atom stereocenters. The molecule has 2 heterocycles. The lowest BCUT2D eigenvalue weighted by molar-refractivity contribution is -0.120. The van der Waals surface area contributed by atoms with Crippen LogP contribution in [-0.4, -0.2) is 59.3 Å². The number of nitrogens with one attached hydrogen (secondary N) is 1. The number of amides is 1. The summed E-state index contributed by atoms with van der Waals surface area (Å²) in [5.41, 5.74) is 0.860. The lowest BCUT2D eigenvalue weighted by Gasteiger charge is -2.35. The van der Waals surface area contributed by atoms with Crippen molar-refractivity contribution in [1.29, 1.82) is 0 Å². The summed E-state index contributed by atoms with van der Waals surface area (Å²) in [4.78, 5) is 21.0. The Balaban J connectivity index is 0.00000288. The summed E-state index contributed by atoms with van der Waals surface area (Å²) in [5.74, 6) is 1.55. The first-order valence-electron chi connectivity index (χ1n) is 8.33. The van der Waals surface area contributed by atoms with Gasteiger partial charge in [0.1, 0.15) is 6.54 Å². The fourth-order valence-corrected chi connectivity index (χ4v) is 2.53. The summed E-state index contributed by atoms with van der Waals surface area (Å²) in [7, 11) is 1.86. The molecule has 7 nitrogen and oxygen atoms in total. The summed E-state index contributed by atoms with van der Waals surface area (Å²) in [6.45, 7) is 9.80. The molecule has 0 radical (unpaired) electrons. The van der Waals surface area contributed by atoms with Gasteiger partial charge in [0, 0.05) is 39.4 Å². The van der Waals surface area contributed by atoms with Crippen LogP contribution in [0.4, 0.5) is 5.69 Å². The van der Waals surface area contributed by atoms with E-state index in [1.165, 1.54) is 0 Å². The molecule has 1 aliphatic heterocycles. The molecule has 0 saturated carbocycles. The SMILES string of the molecule is CCNC(=NCCC(C)C)N1CCN(c2cnn(C)c2)C(=O)C1.I. The quantitative estimate of drug-likeness (QED) is 0.423. The van der Waals surface area contributed by atoms with Crippen molar-refractivity contribution in [2.75, 3.05) is 37.6 Å². The molecular formula is C16H29IN6O. The van der Waals surface area contributed by atoms with Gasteiger partial charge in [0.05, 0.1) is 11.9 Å². The van der Waals surface area contributed by atoms with E-state index in [0.717, 1.165) is 37.7 Å². The van der Waals surface area contributed by atoms with Crippen LogP contribution in [-0.2, 0) is 11.8 Å². The van der Waals surface area contributed by atoms with E-state index in [9.17, 15) is 4.79 Å². The second-order valence-electron chi connectivity index (χ2n) is 6.26. The number of aryl methyl sites for hydroxylation is 1. The van der Waals surface area contributed by atoms with E-state index in [1.807, 2.05) is 25.1 Å². The zero-order valence-electron chi connectivity index (χ0n) is 15.0. The maximum absolute atomic E-state index is 12.5. The molecule has 0 spiro atoms. The number of piperazine rings is 1. The molecule has 8 heteroatoms. The summed E-state index contributed by atoms with van der Waals surface area (Å²) in [6, 6.07) is 0. The fraction of sp³-hybridized carbons (Fsp3) is 0.688. The number of anilines is 1. The van der Waals surface area contributed by atoms with E-state index in [-0.39, 0.29) is 29.9 Å². The third-order valence-electron chi connectivity index (χ3n) is 3.83. The molecule has 0 unspecified atom stereocenters. The molecule has 1 aromatic rings. The average Bonchev–Trinajstić information content (AvgIpc) is 2.92. The van der Waals surface area contributed by atoms with Crippen LogP contribution < -0.4 is 10.2 Å². The van der Waals surface area contributed by atoms with Gasteiger partial charge < -0.3 is 15.1 Å². The van der Waals surface area contributed by atoms with Crippen LogP contribution in [0.3, 0.4) is 0 Å². The Morgan fingerprint density at radius 2 is 2.17 bits per heavy atom. The first kappa shape index (κ1) is 20.7. The highest BCUT2D eigenvalue weighted by atomic mass is 127. The molecule has 24 heavy (non-hydrogen) atoms. The molecule has 1 aromatic heterocycles. The van der Waals surface area contributed by atoms with Gasteiger partial charge in [-0.05, 0) is 19.3 Å². The lowest BCUT2D eigenvalue weighted by Crippen LogP contribution is -2.55. The van der Waals surface area contributed by atoms with Gasteiger partial charge in [-0.3, -0.25) is 14.5 Å². The van der Waals surface area contributed by atoms with Gasteiger partial charge in [-0.2, -0.15) is 5.10 Å². The third-order valence-corrected chi connectivity index (χ3v) is 3.83. The summed E-state index contributed by atoms with van der Waals surface area (Å²) < 4.78 is 1.71. The minimum atomic E-state index is 0. The van der Waals surface area contributed by atoms with Gasteiger partial charge in [-0.1, -0.05) is 13.8 Å². The Labute approximate surface area is 161 Å². The molecule has 1 N–H and O–H groups in total. The fourth-order valence-electron chi connectivity index (χ4n) is 2.53. The topological polar surface area (TPSA) is 65.8 Å². The molecule has 0 bridgehead atoms. The lowest BCUT2D eigenvalue weighted by atomic mass is 10.1. The smallest absolute Gasteiger partial charge is 0.246 e. The molecule has 1 aliphatic rings. The first-order chi connectivity index (χ1) is 11.0. The van der Waals surface area contributed by atoms with Crippen molar-refractivity contribution >= 4 is 41.5 Å². The Hall–Kier alpha value is -1.32. The average molecular weight is 448 g/mol. The molecule has 136 valence electrons. The van der Waals surface area contributed by atoms with Gasteiger partial charge in [0.25, 0.3) is 0 Å². The van der Waals surface area contributed by atoms with Crippen LogP contribution in [0.5, 0.6) is 0 Å². The number of nitrogens with zero attached hydrogens (tertiary/aromatic N) is 5. The molecule has 1 saturated heterocycles. The summed E-state index contributed by atoms with van der Waals surface area (Å²) >= 11 is 0. The standard InChI is InChI=1S/C16H28N6O.HI/c1-5-17-16(18-7-6-13(2)3)21-8-9-22(15(23)12-21)14-10-19-20(4)11-14;/h10-11,13H,5-9,12H2,1-4H3,(H,17,18);1H. The van der Waals surface area contributed by atoms with Crippen LogP contribution >= 0.6 is 24.0 Å². The second kappa shape index (κ2) is 9.85. The number of carbonyl (C=O) groups is 1. The first-order valence-corrected chi connectivity index (χ1v) is 8.33. The minimum Gasteiger partial charge on any atom is -0.357 e. The maximum atomic E-state index is 12.5. The third kappa shape index (κ3) is 5.64. The van der Waals surface area contributed by atoms with E-state index in [0.29, 0.717) is 19.0 Å². The number of guanidine groups is 1. The van der Waals surface area contributed by atoms with Crippen molar-refractivity contribution in [2.24, 2.45) is 18.0 Å². The van der Waals surface area contributed by atoms with Gasteiger partial charge in [-0.15, -0.1) is 24.0 Å². The number of aliphatic imine (C=N–C) groups is 1. The largest absolute Gasteiger partial charge is 0.357 e. The number of rotatable bonds is 5. The van der Waals surface area contributed by atoms with E-state index < -0.39 is 0 Å². The predicted molar refractivity (Wildman–Crippen MR) is 108 cm³/mol. The second-order valence-corrected chi connectivity index (χ2v) is 6.26. The minimum absolute atomic E-state index is 0. The summed E-state index contributed by atoms with van der Waals surface area (Å²) in [6.07, 6.45) is 4.66. The van der Waals surface area contributed by atoms with Gasteiger partial charge in [-0.25, -0.2) is 0 Å². The van der Waals surface area contributed by atoms with E-state index in [1.54, 1.807) is 15.8 Å². The van der Waals surface area contributed by atoms with Crippen LogP contribution in [0, 0.1) is 5.92 Å². The highest BCUT2D eigenvalue weighted by Crippen LogP contribution is 2.16. The summed E-state index contributed by atoms with van der Waals surface area (Å²) in [5, 5.41) is 7.43.